The number of rotatable bonds is 3. The highest BCUT2D eigenvalue weighted by Gasteiger charge is 2.17. The van der Waals surface area contributed by atoms with Gasteiger partial charge in [0.15, 0.2) is 0 Å². The molecule has 0 spiro atoms. The van der Waals surface area contributed by atoms with Gasteiger partial charge < -0.3 is 0 Å². The van der Waals surface area contributed by atoms with Crippen LogP contribution in [0.15, 0.2) is 40.9 Å². The summed E-state index contributed by atoms with van der Waals surface area (Å²) >= 11 is 9.19. The molecular weight excluding hydrogens is 331 g/mol. The van der Waals surface area contributed by atoms with Crippen molar-refractivity contribution in [3.63, 3.8) is 0 Å². The monoisotopic (exact) mass is 342 g/mol. The molecule has 0 saturated heterocycles. The molecule has 0 saturated carbocycles. The Morgan fingerprint density at radius 2 is 2.00 bits per heavy atom. The number of nitrogens with one attached hydrogen (secondary N) is 1. The highest BCUT2D eigenvalue weighted by molar-refractivity contribution is 9.10. The van der Waals surface area contributed by atoms with E-state index in [1.807, 2.05) is 25.1 Å². The standard InChI is InChI=1S/C14H13BrClFN2/c1-8-4-9(6-10(15)5-8)14(19-18)12-3-2-11(16)7-13(12)17/h2-7,14,19H,18H2,1H3. The van der Waals surface area contributed by atoms with Gasteiger partial charge in [-0.3, -0.25) is 5.84 Å². The lowest BCUT2D eigenvalue weighted by atomic mass is 9.97. The maximum atomic E-state index is 14.0. The molecule has 0 amide bonds. The Bertz CT molecular complexity index is 584. The smallest absolute Gasteiger partial charge is 0.129 e. The first-order valence-electron chi connectivity index (χ1n) is 5.69. The first kappa shape index (κ1) is 14.5. The van der Waals surface area contributed by atoms with Crippen LogP contribution in [-0.2, 0) is 0 Å². The zero-order valence-electron chi connectivity index (χ0n) is 10.3. The molecule has 19 heavy (non-hydrogen) atoms. The Kier molecular flexibility index (Phi) is 4.58. The molecule has 0 aliphatic heterocycles. The highest BCUT2D eigenvalue weighted by Crippen LogP contribution is 2.28. The van der Waals surface area contributed by atoms with Gasteiger partial charge in [0.2, 0.25) is 0 Å². The molecule has 0 aliphatic rings. The summed E-state index contributed by atoms with van der Waals surface area (Å²) in [4.78, 5) is 0. The van der Waals surface area contributed by atoms with Gasteiger partial charge in [-0.1, -0.05) is 39.7 Å². The van der Waals surface area contributed by atoms with E-state index in [9.17, 15) is 4.39 Å². The normalized spacial score (nSPS) is 12.5. The van der Waals surface area contributed by atoms with Crippen molar-refractivity contribution < 1.29 is 4.39 Å². The molecule has 2 aromatic rings. The van der Waals surface area contributed by atoms with Crippen LogP contribution in [0.2, 0.25) is 5.02 Å². The number of nitrogens with two attached hydrogens (primary N) is 1. The molecule has 0 aliphatic carbocycles. The summed E-state index contributed by atoms with van der Waals surface area (Å²) < 4.78 is 14.9. The van der Waals surface area contributed by atoms with Crippen LogP contribution < -0.4 is 11.3 Å². The maximum Gasteiger partial charge on any atom is 0.129 e. The average Bonchev–Trinajstić information content (AvgIpc) is 2.31. The van der Waals surface area contributed by atoms with Crippen LogP contribution in [0, 0.1) is 12.7 Å². The van der Waals surface area contributed by atoms with Gasteiger partial charge in [0.25, 0.3) is 0 Å². The van der Waals surface area contributed by atoms with E-state index in [-0.39, 0.29) is 5.82 Å². The average molecular weight is 344 g/mol. The van der Waals surface area contributed by atoms with Crippen LogP contribution in [0.5, 0.6) is 0 Å². The van der Waals surface area contributed by atoms with Crippen molar-refractivity contribution in [3.05, 3.63) is 68.4 Å². The number of hydrogen-bond donors (Lipinski definition) is 2. The zero-order valence-corrected chi connectivity index (χ0v) is 12.6. The Labute approximate surface area is 124 Å². The van der Waals surface area contributed by atoms with Crippen molar-refractivity contribution in [2.75, 3.05) is 0 Å². The van der Waals surface area contributed by atoms with Gasteiger partial charge in [-0.2, -0.15) is 0 Å². The van der Waals surface area contributed by atoms with E-state index >= 15 is 0 Å². The Balaban J connectivity index is 2.49. The maximum absolute atomic E-state index is 14.0. The molecule has 0 heterocycles. The van der Waals surface area contributed by atoms with Crippen LogP contribution in [0.1, 0.15) is 22.7 Å². The lowest BCUT2D eigenvalue weighted by molar-refractivity contribution is 0.560. The summed E-state index contributed by atoms with van der Waals surface area (Å²) in [6, 6.07) is 10.00. The summed E-state index contributed by atoms with van der Waals surface area (Å²) in [5.41, 5.74) is 5.06. The van der Waals surface area contributed by atoms with E-state index in [0.29, 0.717) is 10.6 Å². The number of aryl methyl sites for hydroxylation is 1. The number of benzene rings is 2. The third kappa shape index (κ3) is 3.34. The molecule has 0 radical (unpaired) electrons. The van der Waals surface area contributed by atoms with E-state index < -0.39 is 6.04 Å². The fourth-order valence-corrected chi connectivity index (χ4v) is 2.82. The van der Waals surface area contributed by atoms with Crippen molar-refractivity contribution in [2.45, 2.75) is 13.0 Å². The largest absolute Gasteiger partial charge is 0.271 e. The van der Waals surface area contributed by atoms with E-state index in [1.165, 1.54) is 6.07 Å². The lowest BCUT2D eigenvalue weighted by Gasteiger charge is -2.18. The van der Waals surface area contributed by atoms with Crippen molar-refractivity contribution in [1.82, 2.24) is 5.43 Å². The van der Waals surface area contributed by atoms with Crippen molar-refractivity contribution in [2.24, 2.45) is 5.84 Å². The molecule has 0 bridgehead atoms. The van der Waals surface area contributed by atoms with Crippen molar-refractivity contribution in [3.8, 4) is 0 Å². The molecule has 3 N–H and O–H groups in total. The minimum absolute atomic E-state index is 0.363. The van der Waals surface area contributed by atoms with Gasteiger partial charge >= 0.3 is 0 Å². The number of hydrazine groups is 1. The summed E-state index contributed by atoms with van der Waals surface area (Å²) in [5.74, 6) is 5.20. The Morgan fingerprint density at radius 3 is 2.58 bits per heavy atom. The molecule has 5 heteroatoms. The van der Waals surface area contributed by atoms with Crippen LogP contribution in [-0.4, -0.2) is 0 Å². The van der Waals surface area contributed by atoms with Crippen LogP contribution in [0.25, 0.3) is 0 Å². The van der Waals surface area contributed by atoms with E-state index in [4.69, 9.17) is 17.4 Å². The van der Waals surface area contributed by atoms with Gasteiger partial charge in [0, 0.05) is 15.1 Å². The van der Waals surface area contributed by atoms with E-state index in [0.717, 1.165) is 15.6 Å². The second kappa shape index (κ2) is 6.01. The van der Waals surface area contributed by atoms with E-state index in [1.54, 1.807) is 12.1 Å². The molecule has 2 aromatic carbocycles. The van der Waals surface area contributed by atoms with Crippen LogP contribution >= 0.6 is 27.5 Å². The predicted molar refractivity (Wildman–Crippen MR) is 79.5 cm³/mol. The molecule has 2 rings (SSSR count). The minimum atomic E-state index is -0.423. The van der Waals surface area contributed by atoms with Crippen LogP contribution in [0.4, 0.5) is 4.39 Å². The quantitative estimate of drug-likeness (QED) is 0.650. The topological polar surface area (TPSA) is 38.0 Å². The Morgan fingerprint density at radius 1 is 1.26 bits per heavy atom. The van der Waals surface area contributed by atoms with Gasteiger partial charge in [-0.15, -0.1) is 0 Å². The van der Waals surface area contributed by atoms with Crippen molar-refractivity contribution in [1.29, 1.82) is 0 Å². The number of halogens is 3. The van der Waals surface area contributed by atoms with Gasteiger partial charge in [-0.25, -0.2) is 9.82 Å². The molecule has 2 nitrogen and oxygen atoms in total. The molecule has 1 atom stereocenters. The van der Waals surface area contributed by atoms with Crippen molar-refractivity contribution >= 4 is 27.5 Å². The zero-order chi connectivity index (χ0) is 14.0. The first-order valence-corrected chi connectivity index (χ1v) is 6.86. The second-order valence-corrected chi connectivity index (χ2v) is 5.68. The minimum Gasteiger partial charge on any atom is -0.271 e. The molecule has 1 unspecified atom stereocenters. The van der Waals surface area contributed by atoms with Gasteiger partial charge in [0.05, 0.1) is 6.04 Å². The Hall–Kier alpha value is -0.940. The number of hydrogen-bond acceptors (Lipinski definition) is 2. The fourth-order valence-electron chi connectivity index (χ4n) is 2.03. The lowest BCUT2D eigenvalue weighted by Crippen LogP contribution is -2.29. The molecule has 0 aromatic heterocycles. The van der Waals surface area contributed by atoms with Gasteiger partial charge in [-0.05, 0) is 42.3 Å². The third-order valence-electron chi connectivity index (χ3n) is 2.84. The first-order chi connectivity index (χ1) is 9.01. The SMILES string of the molecule is Cc1cc(Br)cc(C(NN)c2ccc(Cl)cc2F)c1. The molecule has 0 fully saturated rings. The van der Waals surface area contributed by atoms with E-state index in [2.05, 4.69) is 21.4 Å². The molecular formula is C14H13BrClFN2. The fraction of sp³-hybridized carbons (Fsp3) is 0.143. The molecule has 100 valence electrons. The highest BCUT2D eigenvalue weighted by atomic mass is 79.9. The third-order valence-corrected chi connectivity index (χ3v) is 3.53. The summed E-state index contributed by atoms with van der Waals surface area (Å²) in [5, 5.41) is 0.363. The summed E-state index contributed by atoms with van der Waals surface area (Å²) in [7, 11) is 0. The summed E-state index contributed by atoms with van der Waals surface area (Å²) in [6.07, 6.45) is 0. The van der Waals surface area contributed by atoms with Crippen LogP contribution in [0.3, 0.4) is 0 Å². The predicted octanol–water partition coefficient (Wildman–Crippen LogP) is 4.10. The van der Waals surface area contributed by atoms with Gasteiger partial charge in [0.1, 0.15) is 5.82 Å². The summed E-state index contributed by atoms with van der Waals surface area (Å²) in [6.45, 7) is 1.97. The second-order valence-electron chi connectivity index (χ2n) is 4.33.